The molecular formula is C23H19FN4OS. The zero-order valence-corrected chi connectivity index (χ0v) is 17.0. The summed E-state index contributed by atoms with van der Waals surface area (Å²) >= 11 is 1.32. The molecule has 0 aliphatic carbocycles. The molecule has 0 aliphatic rings. The maximum atomic E-state index is 13.2. The quantitative estimate of drug-likeness (QED) is 0.443. The van der Waals surface area contributed by atoms with E-state index >= 15 is 0 Å². The van der Waals surface area contributed by atoms with Gasteiger partial charge < -0.3 is 9.88 Å². The van der Waals surface area contributed by atoms with Crippen LogP contribution in [0.25, 0.3) is 11.4 Å². The molecule has 0 radical (unpaired) electrons. The summed E-state index contributed by atoms with van der Waals surface area (Å²) in [7, 11) is 1.88. The molecule has 1 atom stereocenters. The highest BCUT2D eigenvalue weighted by Gasteiger charge is 2.25. The van der Waals surface area contributed by atoms with Gasteiger partial charge in [0.1, 0.15) is 11.1 Å². The number of carbonyl (C=O) groups is 1. The molecular weight excluding hydrogens is 399 g/mol. The van der Waals surface area contributed by atoms with Crippen molar-refractivity contribution in [1.82, 2.24) is 14.8 Å². The van der Waals surface area contributed by atoms with Crippen LogP contribution in [-0.2, 0) is 11.8 Å². The van der Waals surface area contributed by atoms with Gasteiger partial charge in [0.2, 0.25) is 5.91 Å². The Bertz CT molecular complexity index is 1130. The van der Waals surface area contributed by atoms with E-state index in [1.807, 2.05) is 72.3 Å². The number of halogens is 1. The number of amides is 1. The summed E-state index contributed by atoms with van der Waals surface area (Å²) in [5, 5.41) is 11.5. The van der Waals surface area contributed by atoms with Gasteiger partial charge in [-0.25, -0.2) is 4.39 Å². The van der Waals surface area contributed by atoms with E-state index in [2.05, 4.69) is 15.5 Å². The van der Waals surface area contributed by atoms with Crippen molar-refractivity contribution in [1.29, 1.82) is 0 Å². The van der Waals surface area contributed by atoms with E-state index in [1.54, 1.807) is 0 Å². The van der Waals surface area contributed by atoms with E-state index in [0.717, 1.165) is 17.0 Å². The summed E-state index contributed by atoms with van der Waals surface area (Å²) in [6, 6.07) is 24.9. The second-order valence-electron chi connectivity index (χ2n) is 6.64. The molecule has 1 N–H and O–H groups in total. The maximum absolute atomic E-state index is 13.2. The van der Waals surface area contributed by atoms with Crippen molar-refractivity contribution in [2.24, 2.45) is 7.05 Å². The molecule has 0 fully saturated rings. The van der Waals surface area contributed by atoms with Crippen LogP contribution in [-0.4, -0.2) is 20.7 Å². The fraction of sp³-hybridized carbons (Fsp3) is 0.0870. The van der Waals surface area contributed by atoms with E-state index in [1.165, 1.54) is 36.0 Å². The Hall–Kier alpha value is -3.45. The lowest BCUT2D eigenvalue weighted by atomic mass is 10.1. The molecule has 0 aliphatic heterocycles. The first-order chi connectivity index (χ1) is 14.6. The van der Waals surface area contributed by atoms with E-state index in [-0.39, 0.29) is 11.7 Å². The van der Waals surface area contributed by atoms with E-state index in [4.69, 9.17) is 0 Å². The van der Waals surface area contributed by atoms with Crippen molar-refractivity contribution in [2.45, 2.75) is 10.4 Å². The smallest absolute Gasteiger partial charge is 0.242 e. The highest BCUT2D eigenvalue weighted by molar-refractivity contribution is 8.00. The molecule has 0 spiro atoms. The largest absolute Gasteiger partial charge is 0.325 e. The molecule has 1 heterocycles. The first kappa shape index (κ1) is 19.8. The van der Waals surface area contributed by atoms with Gasteiger partial charge in [0.25, 0.3) is 0 Å². The monoisotopic (exact) mass is 418 g/mol. The number of nitrogens with one attached hydrogen (secondary N) is 1. The topological polar surface area (TPSA) is 59.8 Å². The van der Waals surface area contributed by atoms with Gasteiger partial charge in [0.15, 0.2) is 11.0 Å². The Labute approximate surface area is 178 Å². The number of hydrogen-bond donors (Lipinski definition) is 1. The number of aromatic nitrogens is 3. The number of thioether (sulfide) groups is 1. The molecule has 0 saturated carbocycles. The van der Waals surface area contributed by atoms with Gasteiger partial charge in [0, 0.05) is 18.3 Å². The first-order valence-corrected chi connectivity index (χ1v) is 10.2. The highest BCUT2D eigenvalue weighted by Crippen LogP contribution is 2.36. The minimum Gasteiger partial charge on any atom is -0.325 e. The second-order valence-corrected chi connectivity index (χ2v) is 7.71. The molecule has 4 rings (SSSR count). The van der Waals surface area contributed by atoms with Crippen LogP contribution in [0.5, 0.6) is 0 Å². The Kier molecular flexibility index (Phi) is 5.90. The van der Waals surface area contributed by atoms with Crippen molar-refractivity contribution >= 4 is 23.4 Å². The molecule has 1 unspecified atom stereocenters. The van der Waals surface area contributed by atoms with Crippen LogP contribution in [0.4, 0.5) is 10.1 Å². The Morgan fingerprint density at radius 2 is 1.57 bits per heavy atom. The molecule has 0 saturated heterocycles. The highest BCUT2D eigenvalue weighted by atomic mass is 32.2. The third-order valence-electron chi connectivity index (χ3n) is 4.54. The fourth-order valence-electron chi connectivity index (χ4n) is 3.00. The molecule has 3 aromatic carbocycles. The normalized spacial score (nSPS) is 11.8. The van der Waals surface area contributed by atoms with Crippen LogP contribution >= 0.6 is 11.8 Å². The van der Waals surface area contributed by atoms with Crippen molar-refractivity contribution in [3.05, 3.63) is 96.3 Å². The van der Waals surface area contributed by atoms with Crippen LogP contribution in [0.2, 0.25) is 0 Å². The lowest BCUT2D eigenvalue weighted by molar-refractivity contribution is -0.115. The van der Waals surface area contributed by atoms with Crippen LogP contribution in [0.1, 0.15) is 10.8 Å². The van der Waals surface area contributed by atoms with E-state index in [9.17, 15) is 9.18 Å². The summed E-state index contributed by atoms with van der Waals surface area (Å²) in [4.78, 5) is 13.1. The predicted octanol–water partition coefficient (Wildman–Crippen LogP) is 5.09. The summed E-state index contributed by atoms with van der Waals surface area (Å²) in [5.74, 6) is 0.153. The minimum atomic E-state index is -0.553. The molecule has 1 amide bonds. The number of benzene rings is 3. The van der Waals surface area contributed by atoms with Gasteiger partial charge in [-0.3, -0.25) is 4.79 Å². The zero-order chi connectivity index (χ0) is 20.9. The average Bonchev–Trinajstić information content (AvgIpc) is 3.15. The zero-order valence-electron chi connectivity index (χ0n) is 16.2. The van der Waals surface area contributed by atoms with Crippen molar-refractivity contribution in [3.8, 4) is 11.4 Å². The van der Waals surface area contributed by atoms with Gasteiger partial charge in [-0.2, -0.15) is 0 Å². The number of anilines is 1. The standard InChI is InChI=1S/C23H19FN4OS/c1-28-21(17-10-6-3-7-11-17)26-27-23(28)30-20(16-8-4-2-5-9-16)22(29)25-19-14-12-18(24)13-15-19/h2-15,20H,1H3,(H,25,29). The van der Waals surface area contributed by atoms with Gasteiger partial charge in [-0.15, -0.1) is 10.2 Å². The van der Waals surface area contributed by atoms with Crippen LogP contribution in [0, 0.1) is 5.82 Å². The summed E-state index contributed by atoms with van der Waals surface area (Å²) in [5.41, 5.74) is 2.32. The molecule has 0 bridgehead atoms. The molecule has 30 heavy (non-hydrogen) atoms. The minimum absolute atomic E-state index is 0.220. The molecule has 1 aromatic heterocycles. The molecule has 150 valence electrons. The lowest BCUT2D eigenvalue weighted by Gasteiger charge is -2.16. The number of nitrogens with zero attached hydrogens (tertiary/aromatic N) is 3. The van der Waals surface area contributed by atoms with Crippen LogP contribution < -0.4 is 5.32 Å². The first-order valence-electron chi connectivity index (χ1n) is 9.34. The number of hydrogen-bond acceptors (Lipinski definition) is 4. The van der Waals surface area contributed by atoms with E-state index < -0.39 is 5.25 Å². The lowest BCUT2D eigenvalue weighted by Crippen LogP contribution is -2.19. The number of carbonyl (C=O) groups excluding carboxylic acids is 1. The van der Waals surface area contributed by atoms with Crippen LogP contribution in [0.15, 0.2) is 90.1 Å². The maximum Gasteiger partial charge on any atom is 0.242 e. The summed E-state index contributed by atoms with van der Waals surface area (Å²) in [6.07, 6.45) is 0. The van der Waals surface area contributed by atoms with Crippen molar-refractivity contribution < 1.29 is 9.18 Å². The SMILES string of the molecule is Cn1c(SC(C(=O)Nc2ccc(F)cc2)c2ccccc2)nnc1-c1ccccc1. The number of rotatable bonds is 6. The predicted molar refractivity (Wildman–Crippen MR) is 117 cm³/mol. The van der Waals surface area contributed by atoms with Gasteiger partial charge in [-0.1, -0.05) is 72.4 Å². The molecule has 7 heteroatoms. The van der Waals surface area contributed by atoms with Gasteiger partial charge in [0.05, 0.1) is 0 Å². The fourth-order valence-corrected chi connectivity index (χ4v) is 4.01. The molecule has 4 aromatic rings. The Balaban J connectivity index is 1.62. The Morgan fingerprint density at radius 1 is 0.933 bits per heavy atom. The summed E-state index contributed by atoms with van der Waals surface area (Å²) < 4.78 is 15.1. The van der Waals surface area contributed by atoms with Gasteiger partial charge in [-0.05, 0) is 29.8 Å². The van der Waals surface area contributed by atoms with Crippen LogP contribution in [0.3, 0.4) is 0 Å². The second kappa shape index (κ2) is 8.92. The third-order valence-corrected chi connectivity index (χ3v) is 5.83. The molecule has 5 nitrogen and oxygen atoms in total. The third kappa shape index (κ3) is 4.41. The summed E-state index contributed by atoms with van der Waals surface area (Å²) in [6.45, 7) is 0. The van der Waals surface area contributed by atoms with E-state index in [0.29, 0.717) is 10.8 Å². The van der Waals surface area contributed by atoms with Gasteiger partial charge >= 0.3 is 0 Å². The van der Waals surface area contributed by atoms with Crippen molar-refractivity contribution in [2.75, 3.05) is 5.32 Å². The van der Waals surface area contributed by atoms with Crippen molar-refractivity contribution in [3.63, 3.8) is 0 Å². The average molecular weight is 418 g/mol. The Morgan fingerprint density at radius 3 is 2.23 bits per heavy atom.